The highest BCUT2D eigenvalue weighted by molar-refractivity contribution is 7.16. The first-order chi connectivity index (χ1) is 13.2. The molecule has 2 aromatic heterocycles. The summed E-state index contributed by atoms with van der Waals surface area (Å²) in [6.07, 6.45) is 2.47. The smallest absolute Gasteiger partial charge is 0.262 e. The van der Waals surface area contributed by atoms with Crippen molar-refractivity contribution in [1.82, 2.24) is 19.8 Å². The molecule has 1 fully saturated rings. The minimum absolute atomic E-state index is 0. The van der Waals surface area contributed by atoms with Crippen molar-refractivity contribution < 1.29 is 4.79 Å². The maximum Gasteiger partial charge on any atom is 0.262 e. The van der Waals surface area contributed by atoms with Gasteiger partial charge in [0.2, 0.25) is 5.91 Å². The second-order valence-corrected chi connectivity index (χ2v) is 7.61. The highest BCUT2D eigenvalue weighted by atomic mass is 35.5. The normalized spacial score (nSPS) is 16.8. The van der Waals surface area contributed by atoms with Crippen molar-refractivity contribution in [1.29, 1.82) is 0 Å². The van der Waals surface area contributed by atoms with Crippen molar-refractivity contribution in [3.8, 4) is 0 Å². The van der Waals surface area contributed by atoms with E-state index in [9.17, 15) is 9.59 Å². The van der Waals surface area contributed by atoms with Gasteiger partial charge in [0.25, 0.3) is 5.56 Å². The highest BCUT2D eigenvalue weighted by Crippen LogP contribution is 2.23. The lowest BCUT2D eigenvalue weighted by Gasteiger charge is -2.36. The van der Waals surface area contributed by atoms with Crippen molar-refractivity contribution in [2.45, 2.75) is 25.9 Å². The molecule has 6 nitrogen and oxygen atoms in total. The Morgan fingerprint density at radius 1 is 1.29 bits per heavy atom. The summed E-state index contributed by atoms with van der Waals surface area (Å²) < 4.78 is 1.41. The number of fused-ring (bicyclic) bond motifs is 1. The summed E-state index contributed by atoms with van der Waals surface area (Å²) in [7, 11) is 0. The molecule has 1 aliphatic heterocycles. The molecule has 0 saturated carbocycles. The van der Waals surface area contributed by atoms with Gasteiger partial charge < -0.3 is 10.2 Å². The molecule has 0 bridgehead atoms. The summed E-state index contributed by atoms with van der Waals surface area (Å²) in [5, 5.41) is 5.79. The number of nitrogens with one attached hydrogen (secondary N) is 1. The molecular weight excluding hydrogens is 396 g/mol. The first kappa shape index (κ1) is 20.5. The molecule has 1 unspecified atom stereocenters. The number of rotatable bonds is 4. The van der Waals surface area contributed by atoms with E-state index in [1.165, 1.54) is 27.8 Å². The van der Waals surface area contributed by atoms with Gasteiger partial charge >= 0.3 is 0 Å². The minimum atomic E-state index is -0.159. The van der Waals surface area contributed by atoms with E-state index in [0.717, 1.165) is 18.5 Å². The molecule has 28 heavy (non-hydrogen) atoms. The Bertz CT molecular complexity index is 1010. The third kappa shape index (κ3) is 3.97. The zero-order valence-electron chi connectivity index (χ0n) is 15.6. The van der Waals surface area contributed by atoms with Crippen LogP contribution < -0.4 is 10.9 Å². The standard InChI is InChI=1S/C20H22N4O2S.ClH/c1-2-14-3-5-15(6-4-14)17-11-21-8-9-24(17)18(25)12-23-13-22-19-16(20(23)26)7-10-27-19;/h3-7,10,13,17,21H,2,8-9,11-12H2,1H3;1H. The van der Waals surface area contributed by atoms with Crippen LogP contribution in [0.3, 0.4) is 0 Å². The van der Waals surface area contributed by atoms with Crippen LogP contribution in [0.25, 0.3) is 10.2 Å². The lowest BCUT2D eigenvalue weighted by atomic mass is 10.0. The minimum Gasteiger partial charge on any atom is -0.332 e. The second-order valence-electron chi connectivity index (χ2n) is 6.72. The number of aryl methyl sites for hydroxylation is 1. The van der Waals surface area contributed by atoms with Crippen LogP contribution in [0.4, 0.5) is 0 Å². The van der Waals surface area contributed by atoms with Crippen LogP contribution in [0.15, 0.2) is 46.8 Å². The fourth-order valence-electron chi connectivity index (χ4n) is 3.52. The monoisotopic (exact) mass is 418 g/mol. The molecule has 1 N–H and O–H groups in total. The first-order valence-corrected chi connectivity index (χ1v) is 10.1. The van der Waals surface area contributed by atoms with Gasteiger partial charge in [-0.1, -0.05) is 31.2 Å². The third-order valence-electron chi connectivity index (χ3n) is 5.09. The predicted octanol–water partition coefficient (Wildman–Crippen LogP) is 2.62. The summed E-state index contributed by atoms with van der Waals surface area (Å²) in [6, 6.07) is 10.2. The van der Waals surface area contributed by atoms with Gasteiger partial charge in [-0.15, -0.1) is 23.7 Å². The van der Waals surface area contributed by atoms with Crippen LogP contribution in [-0.4, -0.2) is 40.0 Å². The van der Waals surface area contributed by atoms with E-state index in [1.807, 2.05) is 10.3 Å². The molecule has 0 aliphatic carbocycles. The average molecular weight is 419 g/mol. The zero-order valence-corrected chi connectivity index (χ0v) is 17.3. The summed E-state index contributed by atoms with van der Waals surface area (Å²) >= 11 is 1.43. The molecule has 3 heterocycles. The Morgan fingerprint density at radius 3 is 2.82 bits per heavy atom. The topological polar surface area (TPSA) is 67.2 Å². The lowest BCUT2D eigenvalue weighted by Crippen LogP contribution is -2.50. The maximum atomic E-state index is 13.0. The Balaban J connectivity index is 0.00000225. The number of nitrogens with zero attached hydrogens (tertiary/aromatic N) is 3. The van der Waals surface area contributed by atoms with Crippen molar-refractivity contribution in [3.05, 3.63) is 63.5 Å². The molecule has 1 atom stereocenters. The highest BCUT2D eigenvalue weighted by Gasteiger charge is 2.28. The van der Waals surface area contributed by atoms with Crippen LogP contribution in [0, 0.1) is 0 Å². The quantitative estimate of drug-likeness (QED) is 0.707. The third-order valence-corrected chi connectivity index (χ3v) is 5.91. The maximum absolute atomic E-state index is 13.0. The number of hydrogen-bond acceptors (Lipinski definition) is 5. The molecular formula is C20H23ClN4O2S. The van der Waals surface area contributed by atoms with Gasteiger partial charge in [-0.2, -0.15) is 0 Å². The SMILES string of the molecule is CCc1ccc(C2CNCCN2C(=O)Cn2cnc3sccc3c2=O)cc1.Cl. The van der Waals surface area contributed by atoms with E-state index in [-0.39, 0.29) is 36.5 Å². The van der Waals surface area contributed by atoms with Crippen molar-refractivity contribution in [2.75, 3.05) is 19.6 Å². The Morgan fingerprint density at radius 2 is 2.07 bits per heavy atom. The van der Waals surface area contributed by atoms with E-state index in [1.54, 1.807) is 6.07 Å². The lowest BCUT2D eigenvalue weighted by molar-refractivity contribution is -0.135. The molecule has 1 aromatic carbocycles. The fourth-order valence-corrected chi connectivity index (χ4v) is 4.24. The van der Waals surface area contributed by atoms with Gasteiger partial charge in [-0.3, -0.25) is 14.2 Å². The van der Waals surface area contributed by atoms with Gasteiger partial charge in [0.15, 0.2) is 0 Å². The summed E-state index contributed by atoms with van der Waals surface area (Å²) in [5.74, 6) is -0.0560. The molecule has 0 spiro atoms. The number of carbonyl (C=O) groups excluding carboxylic acids is 1. The van der Waals surface area contributed by atoms with Crippen LogP contribution in [0.2, 0.25) is 0 Å². The molecule has 3 aromatic rings. The number of amides is 1. The predicted molar refractivity (Wildman–Crippen MR) is 114 cm³/mol. The van der Waals surface area contributed by atoms with Gasteiger partial charge in [0, 0.05) is 19.6 Å². The van der Waals surface area contributed by atoms with Gasteiger partial charge in [-0.25, -0.2) is 4.98 Å². The van der Waals surface area contributed by atoms with E-state index >= 15 is 0 Å². The summed E-state index contributed by atoms with van der Waals surface area (Å²) in [4.78, 5) is 32.5. The number of thiophene rings is 1. The van der Waals surface area contributed by atoms with E-state index in [4.69, 9.17) is 0 Å². The van der Waals surface area contributed by atoms with Gasteiger partial charge in [0.1, 0.15) is 11.4 Å². The van der Waals surface area contributed by atoms with Gasteiger partial charge in [-0.05, 0) is 29.0 Å². The second kappa shape index (κ2) is 8.86. The Hall–Kier alpha value is -2.22. The van der Waals surface area contributed by atoms with Crippen LogP contribution in [0.5, 0.6) is 0 Å². The molecule has 1 aliphatic rings. The number of hydrogen-bond donors (Lipinski definition) is 1. The van der Waals surface area contributed by atoms with E-state index in [2.05, 4.69) is 41.5 Å². The zero-order chi connectivity index (χ0) is 18.8. The molecule has 148 valence electrons. The number of aromatic nitrogens is 2. The van der Waals surface area contributed by atoms with E-state index < -0.39 is 0 Å². The van der Waals surface area contributed by atoms with Crippen LogP contribution >= 0.6 is 23.7 Å². The average Bonchev–Trinajstić information content (AvgIpc) is 3.20. The van der Waals surface area contributed by atoms with E-state index in [0.29, 0.717) is 23.3 Å². The van der Waals surface area contributed by atoms with Crippen LogP contribution in [0.1, 0.15) is 24.1 Å². The molecule has 1 amide bonds. The number of carbonyl (C=O) groups is 1. The van der Waals surface area contributed by atoms with Gasteiger partial charge in [0.05, 0.1) is 17.8 Å². The first-order valence-electron chi connectivity index (χ1n) is 9.19. The summed E-state index contributed by atoms with van der Waals surface area (Å²) in [5.41, 5.74) is 2.24. The molecule has 0 radical (unpaired) electrons. The Labute approximate surface area is 173 Å². The number of benzene rings is 1. The molecule has 4 rings (SSSR count). The number of halogens is 1. The largest absolute Gasteiger partial charge is 0.332 e. The van der Waals surface area contributed by atoms with Crippen molar-refractivity contribution in [2.24, 2.45) is 0 Å². The number of piperazine rings is 1. The summed E-state index contributed by atoms with van der Waals surface area (Å²) in [6.45, 7) is 4.24. The Kier molecular flexibility index (Phi) is 6.49. The van der Waals surface area contributed by atoms with Crippen molar-refractivity contribution in [3.63, 3.8) is 0 Å². The van der Waals surface area contributed by atoms with Crippen LogP contribution in [-0.2, 0) is 17.8 Å². The van der Waals surface area contributed by atoms with Crippen molar-refractivity contribution >= 4 is 39.9 Å². The molecule has 8 heteroatoms. The molecule has 1 saturated heterocycles. The fraction of sp³-hybridized carbons (Fsp3) is 0.350.